The molecule has 0 aliphatic rings. The minimum Gasteiger partial charge on any atom is -0.441 e. The van der Waals surface area contributed by atoms with Gasteiger partial charge < -0.3 is 4.42 Å². The second-order valence-electron chi connectivity index (χ2n) is 5.49. The topological polar surface area (TPSA) is 64.7 Å². The molecule has 0 amide bonds. The quantitative estimate of drug-likeness (QED) is 0.277. The van der Waals surface area contributed by atoms with Crippen LogP contribution in [0.3, 0.4) is 0 Å². The van der Waals surface area contributed by atoms with Crippen molar-refractivity contribution in [3.8, 4) is 11.8 Å². The Labute approximate surface area is 185 Å². The SMILES string of the molecule is CC.CC.CC#CC.Cc1oc2nccnc2c1C.Cc1sc2nccnc2c1C. The highest BCUT2D eigenvalue weighted by Crippen LogP contribution is 2.25. The number of hydrogen-bond acceptors (Lipinski definition) is 6. The van der Waals surface area contributed by atoms with Crippen LogP contribution >= 0.6 is 11.3 Å². The van der Waals surface area contributed by atoms with Crippen LogP contribution in [0.15, 0.2) is 29.2 Å². The van der Waals surface area contributed by atoms with Crippen molar-refractivity contribution in [2.75, 3.05) is 0 Å². The maximum Gasteiger partial charge on any atom is 0.245 e. The van der Waals surface area contributed by atoms with E-state index >= 15 is 0 Å². The van der Waals surface area contributed by atoms with Crippen molar-refractivity contribution in [1.29, 1.82) is 0 Å². The van der Waals surface area contributed by atoms with Gasteiger partial charge in [0.2, 0.25) is 5.71 Å². The van der Waals surface area contributed by atoms with Gasteiger partial charge in [0.1, 0.15) is 21.6 Å². The first-order valence-electron chi connectivity index (χ1n) is 10.2. The van der Waals surface area contributed by atoms with E-state index in [1.54, 1.807) is 36.1 Å². The minimum atomic E-state index is 0.627. The van der Waals surface area contributed by atoms with Crippen LogP contribution in [0.25, 0.3) is 21.6 Å². The number of furan rings is 1. The largest absolute Gasteiger partial charge is 0.441 e. The van der Waals surface area contributed by atoms with Crippen LogP contribution in [0.5, 0.6) is 0 Å². The van der Waals surface area contributed by atoms with Gasteiger partial charge in [-0.2, -0.15) is 0 Å². The highest BCUT2D eigenvalue weighted by atomic mass is 32.1. The summed E-state index contributed by atoms with van der Waals surface area (Å²) >= 11 is 1.71. The number of aromatic nitrogens is 4. The third-order valence-corrected chi connectivity index (χ3v) is 4.95. The number of rotatable bonds is 0. The van der Waals surface area contributed by atoms with Gasteiger partial charge in [0.25, 0.3) is 0 Å². The Balaban J connectivity index is 0.000000420. The van der Waals surface area contributed by atoms with E-state index in [0.29, 0.717) is 5.71 Å². The number of nitrogens with zero attached hydrogens (tertiary/aromatic N) is 4. The molecule has 4 aromatic heterocycles. The summed E-state index contributed by atoms with van der Waals surface area (Å²) in [5.41, 5.74) is 4.88. The fraction of sp³-hybridized carbons (Fsp3) is 0.417. The summed E-state index contributed by atoms with van der Waals surface area (Å²) in [5.74, 6) is 6.26. The lowest BCUT2D eigenvalue weighted by molar-refractivity contribution is 0.564. The van der Waals surface area contributed by atoms with Gasteiger partial charge in [-0.3, -0.25) is 4.98 Å². The molecule has 0 fully saturated rings. The number of thiophene rings is 1. The average molecular weight is 427 g/mol. The van der Waals surface area contributed by atoms with E-state index < -0.39 is 0 Å². The summed E-state index contributed by atoms with van der Waals surface area (Å²) in [7, 11) is 0. The third-order valence-electron chi connectivity index (χ3n) is 3.85. The molecule has 30 heavy (non-hydrogen) atoms. The monoisotopic (exact) mass is 426 g/mol. The molecule has 0 N–H and O–H groups in total. The predicted molar refractivity (Wildman–Crippen MR) is 130 cm³/mol. The average Bonchev–Trinajstić information content (AvgIpc) is 3.26. The summed E-state index contributed by atoms with van der Waals surface area (Å²) in [5, 5.41) is 0. The Hall–Kier alpha value is -2.78. The molecule has 4 aromatic rings. The molecule has 4 heterocycles. The molecule has 0 aliphatic carbocycles. The van der Waals surface area contributed by atoms with Crippen molar-refractivity contribution in [2.24, 2.45) is 0 Å². The molecular formula is C24H34N4OS. The van der Waals surface area contributed by atoms with Crippen LogP contribution in [0.4, 0.5) is 0 Å². The fourth-order valence-corrected chi connectivity index (χ4v) is 3.05. The zero-order valence-corrected chi connectivity index (χ0v) is 20.7. The Bertz CT molecular complexity index is 987. The van der Waals surface area contributed by atoms with E-state index in [4.69, 9.17) is 4.42 Å². The van der Waals surface area contributed by atoms with E-state index in [-0.39, 0.29) is 0 Å². The Morgan fingerprint density at radius 2 is 1.20 bits per heavy atom. The van der Waals surface area contributed by atoms with Gasteiger partial charge in [-0.05, 0) is 47.1 Å². The number of fused-ring (bicyclic) bond motifs is 2. The van der Waals surface area contributed by atoms with Gasteiger partial charge in [0.15, 0.2) is 0 Å². The van der Waals surface area contributed by atoms with Gasteiger partial charge >= 0.3 is 0 Å². The van der Waals surface area contributed by atoms with Crippen LogP contribution in [0.2, 0.25) is 0 Å². The van der Waals surface area contributed by atoms with Crippen LogP contribution in [0, 0.1) is 39.5 Å². The highest BCUT2D eigenvalue weighted by molar-refractivity contribution is 7.18. The normalized spacial score (nSPS) is 8.73. The van der Waals surface area contributed by atoms with Crippen LogP contribution in [-0.4, -0.2) is 19.9 Å². The molecule has 0 spiro atoms. The Morgan fingerprint density at radius 1 is 0.700 bits per heavy atom. The van der Waals surface area contributed by atoms with E-state index in [0.717, 1.165) is 27.2 Å². The molecule has 0 aromatic carbocycles. The van der Waals surface area contributed by atoms with Crippen LogP contribution < -0.4 is 0 Å². The second kappa shape index (κ2) is 15.1. The van der Waals surface area contributed by atoms with Crippen molar-refractivity contribution in [3.05, 3.63) is 46.6 Å². The van der Waals surface area contributed by atoms with Gasteiger partial charge in [0.05, 0.1) is 0 Å². The summed E-state index contributed by atoms with van der Waals surface area (Å²) in [6.07, 6.45) is 6.77. The number of aryl methyl sites for hydroxylation is 4. The molecule has 5 nitrogen and oxygen atoms in total. The highest BCUT2D eigenvalue weighted by Gasteiger charge is 2.07. The molecule has 162 valence electrons. The van der Waals surface area contributed by atoms with E-state index in [1.165, 1.54) is 10.4 Å². The van der Waals surface area contributed by atoms with Gasteiger partial charge in [-0.1, -0.05) is 27.7 Å². The predicted octanol–water partition coefficient (Wildman–Crippen LogP) is 7.23. The zero-order valence-electron chi connectivity index (χ0n) is 19.9. The van der Waals surface area contributed by atoms with Crippen molar-refractivity contribution in [1.82, 2.24) is 19.9 Å². The molecule has 0 atom stereocenters. The van der Waals surface area contributed by atoms with Crippen molar-refractivity contribution in [2.45, 2.75) is 69.2 Å². The summed E-state index contributed by atoms with van der Waals surface area (Å²) in [4.78, 5) is 19.0. The molecular weight excluding hydrogens is 392 g/mol. The second-order valence-corrected chi connectivity index (χ2v) is 6.69. The third kappa shape index (κ3) is 7.57. The first kappa shape index (κ1) is 27.2. The first-order chi connectivity index (χ1) is 14.5. The van der Waals surface area contributed by atoms with Crippen molar-refractivity contribution in [3.63, 3.8) is 0 Å². The van der Waals surface area contributed by atoms with Gasteiger partial charge in [0, 0.05) is 35.2 Å². The molecule has 0 radical (unpaired) electrons. The maximum absolute atomic E-state index is 5.33. The first-order valence-corrected chi connectivity index (χ1v) is 11.0. The lowest BCUT2D eigenvalue weighted by Gasteiger charge is -1.86. The summed E-state index contributed by atoms with van der Waals surface area (Å²) in [6.45, 7) is 19.7. The standard InChI is InChI=1S/C8H8N2O.C8H8N2S.C4H6.2C2H6/c2*1-5-6(2)11-8-7(5)9-3-4-10-8;1-3-4-2;2*1-2/h2*3-4H,1-2H3;1-2H3;2*1-2H3. The lowest BCUT2D eigenvalue weighted by Crippen LogP contribution is -1.77. The molecule has 4 rings (SSSR count). The molecule has 6 heteroatoms. The summed E-state index contributed by atoms with van der Waals surface area (Å²) in [6, 6.07) is 0. The smallest absolute Gasteiger partial charge is 0.245 e. The fourth-order valence-electron chi connectivity index (χ4n) is 2.09. The van der Waals surface area contributed by atoms with Gasteiger partial charge in [-0.25, -0.2) is 15.0 Å². The van der Waals surface area contributed by atoms with Crippen molar-refractivity contribution >= 4 is 32.9 Å². The van der Waals surface area contributed by atoms with E-state index in [9.17, 15) is 0 Å². The summed E-state index contributed by atoms with van der Waals surface area (Å²) < 4.78 is 5.33. The Kier molecular flexibility index (Phi) is 13.7. The lowest BCUT2D eigenvalue weighted by atomic mass is 10.3. The molecule has 0 unspecified atom stereocenters. The molecule has 0 aliphatic heterocycles. The van der Waals surface area contributed by atoms with Crippen LogP contribution in [0.1, 0.15) is 63.3 Å². The maximum atomic E-state index is 5.33. The van der Waals surface area contributed by atoms with E-state index in [2.05, 4.69) is 45.6 Å². The molecule has 0 bridgehead atoms. The minimum absolute atomic E-state index is 0.627. The van der Waals surface area contributed by atoms with E-state index in [1.807, 2.05) is 55.4 Å². The van der Waals surface area contributed by atoms with Crippen molar-refractivity contribution < 1.29 is 4.42 Å². The molecule has 0 saturated carbocycles. The zero-order chi connectivity index (χ0) is 23.1. The number of hydrogen-bond donors (Lipinski definition) is 0. The Morgan fingerprint density at radius 3 is 1.70 bits per heavy atom. The van der Waals surface area contributed by atoms with Crippen LogP contribution in [-0.2, 0) is 0 Å². The molecule has 0 saturated heterocycles. The van der Waals surface area contributed by atoms with Gasteiger partial charge in [-0.15, -0.1) is 23.2 Å².